The molecular formula is C13H16FN3O4. The van der Waals surface area contributed by atoms with Crippen molar-refractivity contribution in [3.05, 3.63) is 39.7 Å². The van der Waals surface area contributed by atoms with E-state index in [0.29, 0.717) is 32.7 Å². The number of nitro groups is 1. The highest BCUT2D eigenvalue weighted by Gasteiger charge is 2.27. The number of β-amino-alcohol motifs (C(OH)–C–C–N with tert-alkyl or cyclic N) is 1. The maximum absolute atomic E-state index is 13.3. The third kappa shape index (κ3) is 3.53. The lowest BCUT2D eigenvalue weighted by Gasteiger charge is -2.34. The molecule has 0 aliphatic carbocycles. The number of aliphatic hydroxyl groups excluding tert-OH is 1. The van der Waals surface area contributed by atoms with E-state index in [1.54, 1.807) is 0 Å². The summed E-state index contributed by atoms with van der Waals surface area (Å²) in [7, 11) is 0. The van der Waals surface area contributed by atoms with Gasteiger partial charge in [0.25, 0.3) is 11.6 Å². The van der Waals surface area contributed by atoms with Crippen LogP contribution in [0.5, 0.6) is 0 Å². The van der Waals surface area contributed by atoms with E-state index >= 15 is 0 Å². The van der Waals surface area contributed by atoms with Gasteiger partial charge in [0.2, 0.25) is 0 Å². The van der Waals surface area contributed by atoms with Crippen LogP contribution in [0.15, 0.2) is 18.2 Å². The van der Waals surface area contributed by atoms with Gasteiger partial charge < -0.3 is 10.0 Å². The molecule has 7 nitrogen and oxygen atoms in total. The predicted molar refractivity (Wildman–Crippen MR) is 72.5 cm³/mol. The van der Waals surface area contributed by atoms with Crippen molar-refractivity contribution in [2.45, 2.75) is 0 Å². The number of carbonyl (C=O) groups is 1. The van der Waals surface area contributed by atoms with Crippen molar-refractivity contribution in [3.8, 4) is 0 Å². The van der Waals surface area contributed by atoms with Gasteiger partial charge in [-0.2, -0.15) is 0 Å². The van der Waals surface area contributed by atoms with E-state index in [9.17, 15) is 19.3 Å². The smallest absolute Gasteiger partial charge is 0.282 e. The molecule has 0 aromatic heterocycles. The van der Waals surface area contributed by atoms with Crippen LogP contribution in [0.4, 0.5) is 10.1 Å². The maximum Gasteiger partial charge on any atom is 0.282 e. The average molecular weight is 297 g/mol. The van der Waals surface area contributed by atoms with Gasteiger partial charge in [-0.25, -0.2) is 4.39 Å². The van der Waals surface area contributed by atoms with Gasteiger partial charge in [0.1, 0.15) is 11.4 Å². The fourth-order valence-electron chi connectivity index (χ4n) is 2.33. The second kappa shape index (κ2) is 6.59. The number of carbonyl (C=O) groups excluding carboxylic acids is 1. The van der Waals surface area contributed by atoms with Gasteiger partial charge in [0, 0.05) is 38.8 Å². The molecule has 0 spiro atoms. The molecule has 0 radical (unpaired) electrons. The van der Waals surface area contributed by atoms with Crippen LogP contribution in [0.25, 0.3) is 0 Å². The van der Waals surface area contributed by atoms with Gasteiger partial charge in [-0.15, -0.1) is 0 Å². The minimum absolute atomic E-state index is 0.0450. The van der Waals surface area contributed by atoms with Gasteiger partial charge >= 0.3 is 0 Å². The summed E-state index contributed by atoms with van der Waals surface area (Å²) in [6, 6.07) is 2.87. The van der Waals surface area contributed by atoms with E-state index in [0.717, 1.165) is 18.2 Å². The number of aliphatic hydroxyl groups is 1. The second-order valence-electron chi connectivity index (χ2n) is 4.78. The van der Waals surface area contributed by atoms with Gasteiger partial charge in [-0.1, -0.05) is 0 Å². The summed E-state index contributed by atoms with van der Waals surface area (Å²) in [5, 5.41) is 19.8. The van der Waals surface area contributed by atoms with Gasteiger partial charge in [0.05, 0.1) is 11.5 Å². The molecule has 0 saturated carbocycles. The Hall–Kier alpha value is -2.06. The minimum Gasteiger partial charge on any atom is -0.395 e. The van der Waals surface area contributed by atoms with Crippen LogP contribution in [-0.2, 0) is 0 Å². The first-order valence-corrected chi connectivity index (χ1v) is 6.59. The summed E-state index contributed by atoms with van der Waals surface area (Å²) in [5.41, 5.74) is -0.616. The Balaban J connectivity index is 2.14. The van der Waals surface area contributed by atoms with Gasteiger partial charge in [-0.05, 0) is 12.1 Å². The first-order chi connectivity index (χ1) is 10.0. The van der Waals surface area contributed by atoms with Crippen LogP contribution in [0.3, 0.4) is 0 Å². The zero-order valence-electron chi connectivity index (χ0n) is 11.4. The maximum atomic E-state index is 13.3. The Morgan fingerprint density at radius 2 is 2.00 bits per heavy atom. The normalized spacial score (nSPS) is 16.0. The fourth-order valence-corrected chi connectivity index (χ4v) is 2.33. The van der Waals surface area contributed by atoms with Crippen molar-refractivity contribution in [1.29, 1.82) is 0 Å². The molecule has 1 aliphatic rings. The highest BCUT2D eigenvalue weighted by atomic mass is 19.1. The molecule has 8 heteroatoms. The quantitative estimate of drug-likeness (QED) is 0.645. The van der Waals surface area contributed by atoms with Gasteiger partial charge in [0.15, 0.2) is 0 Å². The first kappa shape index (κ1) is 15.3. The highest BCUT2D eigenvalue weighted by Crippen LogP contribution is 2.21. The number of nitrogens with zero attached hydrogens (tertiary/aromatic N) is 3. The molecule has 1 aromatic rings. The highest BCUT2D eigenvalue weighted by molar-refractivity contribution is 5.98. The Morgan fingerprint density at radius 1 is 1.33 bits per heavy atom. The topological polar surface area (TPSA) is 86.9 Å². The number of amides is 1. The van der Waals surface area contributed by atoms with E-state index in [1.165, 1.54) is 4.90 Å². The molecule has 1 aromatic carbocycles. The number of hydrogen-bond acceptors (Lipinski definition) is 5. The van der Waals surface area contributed by atoms with Crippen molar-refractivity contribution < 1.29 is 19.2 Å². The summed E-state index contributed by atoms with van der Waals surface area (Å²) in [6.45, 7) is 2.52. The standard InChI is InChI=1S/C13H16FN3O4/c14-10-1-2-12(17(20)21)11(9-10)13(19)16-5-3-15(4-6-16)7-8-18/h1-2,9,18H,3-8H2. The summed E-state index contributed by atoms with van der Waals surface area (Å²) >= 11 is 0. The van der Waals surface area contributed by atoms with Crippen molar-refractivity contribution in [3.63, 3.8) is 0 Å². The number of halogens is 1. The zero-order chi connectivity index (χ0) is 15.4. The van der Waals surface area contributed by atoms with Crippen molar-refractivity contribution >= 4 is 11.6 Å². The first-order valence-electron chi connectivity index (χ1n) is 6.59. The monoisotopic (exact) mass is 297 g/mol. The minimum atomic E-state index is -0.686. The summed E-state index contributed by atoms with van der Waals surface area (Å²) in [6.07, 6.45) is 0. The number of hydrogen-bond donors (Lipinski definition) is 1. The Kier molecular flexibility index (Phi) is 4.81. The molecule has 1 fully saturated rings. The predicted octanol–water partition coefficient (Wildman–Crippen LogP) is 0.484. The number of piperazine rings is 1. The van der Waals surface area contributed by atoms with Crippen LogP contribution < -0.4 is 0 Å². The molecule has 0 atom stereocenters. The van der Waals surface area contributed by atoms with Crippen molar-refractivity contribution in [2.24, 2.45) is 0 Å². The summed E-state index contributed by atoms with van der Waals surface area (Å²) in [4.78, 5) is 26.0. The largest absolute Gasteiger partial charge is 0.395 e. The molecule has 114 valence electrons. The molecule has 2 rings (SSSR count). The number of benzene rings is 1. The molecule has 0 unspecified atom stereocenters. The zero-order valence-corrected chi connectivity index (χ0v) is 11.4. The number of nitro benzene ring substituents is 1. The third-order valence-electron chi connectivity index (χ3n) is 3.46. The Bertz CT molecular complexity index is 544. The van der Waals surface area contributed by atoms with Gasteiger partial charge in [-0.3, -0.25) is 19.8 Å². The van der Waals surface area contributed by atoms with Crippen molar-refractivity contribution in [1.82, 2.24) is 9.80 Å². The Morgan fingerprint density at radius 3 is 2.57 bits per heavy atom. The van der Waals surface area contributed by atoms with E-state index < -0.39 is 16.6 Å². The molecule has 1 aliphatic heterocycles. The second-order valence-corrected chi connectivity index (χ2v) is 4.78. The van der Waals surface area contributed by atoms with Crippen LogP contribution in [0.1, 0.15) is 10.4 Å². The lowest BCUT2D eigenvalue weighted by atomic mass is 10.1. The van der Waals surface area contributed by atoms with Crippen LogP contribution in [0.2, 0.25) is 0 Å². The lowest BCUT2D eigenvalue weighted by Crippen LogP contribution is -2.49. The number of rotatable bonds is 4. The molecule has 0 bridgehead atoms. The molecular weight excluding hydrogens is 281 g/mol. The van der Waals surface area contributed by atoms with Crippen LogP contribution in [-0.4, -0.2) is 65.1 Å². The van der Waals surface area contributed by atoms with E-state index in [1.807, 2.05) is 4.90 Å². The SMILES string of the molecule is O=C(c1cc(F)ccc1[N+](=O)[O-])N1CCN(CCO)CC1. The third-order valence-corrected chi connectivity index (χ3v) is 3.46. The summed E-state index contributed by atoms with van der Waals surface area (Å²) in [5.74, 6) is -1.22. The molecule has 21 heavy (non-hydrogen) atoms. The summed E-state index contributed by atoms with van der Waals surface area (Å²) < 4.78 is 13.3. The molecule has 1 amide bonds. The molecule has 1 saturated heterocycles. The van der Waals surface area contributed by atoms with Crippen molar-refractivity contribution in [2.75, 3.05) is 39.3 Å². The average Bonchev–Trinajstić information content (AvgIpc) is 2.47. The molecule has 1 N–H and O–H groups in total. The van der Waals surface area contributed by atoms with E-state index in [2.05, 4.69) is 0 Å². The fraction of sp³-hybridized carbons (Fsp3) is 0.462. The van der Waals surface area contributed by atoms with Crippen LogP contribution >= 0.6 is 0 Å². The lowest BCUT2D eigenvalue weighted by molar-refractivity contribution is -0.385. The van der Waals surface area contributed by atoms with Crippen LogP contribution in [0, 0.1) is 15.9 Å². The Labute approximate surface area is 120 Å². The van der Waals surface area contributed by atoms with E-state index in [-0.39, 0.29) is 17.9 Å². The van der Waals surface area contributed by atoms with E-state index in [4.69, 9.17) is 5.11 Å². The molecule has 1 heterocycles.